The topological polar surface area (TPSA) is 20.3 Å². The van der Waals surface area contributed by atoms with Crippen LogP contribution in [-0.2, 0) is 4.79 Å². The first-order valence-electron chi connectivity index (χ1n) is 8.97. The molecular weight excluding hydrogens is 282 g/mol. The number of carbonyl (C=O) groups is 1. The van der Waals surface area contributed by atoms with Gasteiger partial charge in [-0.05, 0) is 75.1 Å². The van der Waals surface area contributed by atoms with Gasteiger partial charge in [-0.2, -0.15) is 0 Å². The number of rotatable bonds is 1. The van der Waals surface area contributed by atoms with Gasteiger partial charge in [0.1, 0.15) is 0 Å². The summed E-state index contributed by atoms with van der Waals surface area (Å²) in [6.07, 6.45) is 9.82. The van der Waals surface area contributed by atoms with E-state index in [2.05, 4.69) is 50.4 Å². The average molecular weight is 311 g/mol. The van der Waals surface area contributed by atoms with Crippen molar-refractivity contribution in [3.63, 3.8) is 0 Å². The minimum absolute atomic E-state index is 0.0557. The summed E-state index contributed by atoms with van der Waals surface area (Å²) in [7, 11) is 4.14. The zero-order chi connectivity index (χ0) is 16.7. The minimum Gasteiger partial charge on any atom is -0.299 e. The van der Waals surface area contributed by atoms with Gasteiger partial charge in [0, 0.05) is 6.42 Å². The van der Waals surface area contributed by atoms with E-state index in [9.17, 15) is 4.79 Å². The van der Waals surface area contributed by atoms with Crippen molar-refractivity contribution >= 4 is 5.78 Å². The molecule has 2 heteroatoms. The summed E-state index contributed by atoms with van der Waals surface area (Å²) in [5.41, 5.74) is 2.56. The molecule has 3 rings (SSSR count). The third kappa shape index (κ3) is 2.70. The summed E-state index contributed by atoms with van der Waals surface area (Å²) < 4.78 is 0. The molecule has 124 valence electrons. The third-order valence-electron chi connectivity index (χ3n) is 6.29. The summed E-state index contributed by atoms with van der Waals surface area (Å²) >= 11 is 0. The molecule has 2 fully saturated rings. The predicted molar refractivity (Wildman–Crippen MR) is 94.9 cm³/mol. The maximum atomic E-state index is 12.1. The fourth-order valence-electron chi connectivity index (χ4n) is 5.07. The second-order valence-corrected chi connectivity index (χ2v) is 8.09. The Labute approximate surface area is 141 Å². The van der Waals surface area contributed by atoms with Crippen molar-refractivity contribution < 1.29 is 4.79 Å². The Morgan fingerprint density at radius 1 is 1.35 bits per heavy atom. The molecule has 2 nitrogen and oxygen atoms in total. The Morgan fingerprint density at radius 2 is 2.13 bits per heavy atom. The molecule has 0 N–H and O–H groups in total. The van der Waals surface area contributed by atoms with Gasteiger partial charge in [0.25, 0.3) is 0 Å². The van der Waals surface area contributed by atoms with E-state index in [1.807, 2.05) is 0 Å². The molecular formula is C21H29NO. The van der Waals surface area contributed by atoms with Gasteiger partial charge in [-0.15, -0.1) is 0 Å². The monoisotopic (exact) mass is 311 g/mol. The molecule has 0 aliphatic heterocycles. The SMILES string of the molecule is C=C1C(=O)CC[C@]2(C)C3=CCCCC3(C#CCN(C)C)CCC12. The van der Waals surface area contributed by atoms with E-state index in [0.29, 0.717) is 12.3 Å². The van der Waals surface area contributed by atoms with Crippen LogP contribution in [0, 0.1) is 28.6 Å². The molecule has 0 spiro atoms. The molecule has 0 aromatic carbocycles. The molecule has 0 bridgehead atoms. The quantitative estimate of drug-likeness (QED) is 0.415. The van der Waals surface area contributed by atoms with Crippen LogP contribution in [0.1, 0.15) is 51.9 Å². The Morgan fingerprint density at radius 3 is 2.87 bits per heavy atom. The number of allylic oxidation sites excluding steroid dienone is 3. The Balaban J connectivity index is 1.98. The molecule has 0 radical (unpaired) electrons. The summed E-state index contributed by atoms with van der Waals surface area (Å²) in [6, 6.07) is 0. The van der Waals surface area contributed by atoms with Crippen molar-refractivity contribution in [2.45, 2.75) is 51.9 Å². The number of hydrogen-bond donors (Lipinski definition) is 0. The minimum atomic E-state index is 0.0557. The second-order valence-electron chi connectivity index (χ2n) is 8.09. The molecule has 0 saturated heterocycles. The lowest BCUT2D eigenvalue weighted by molar-refractivity contribution is -0.119. The van der Waals surface area contributed by atoms with Gasteiger partial charge in [0.05, 0.1) is 12.0 Å². The number of nitrogens with zero attached hydrogens (tertiary/aromatic N) is 1. The lowest BCUT2D eigenvalue weighted by Crippen LogP contribution is -2.48. The molecule has 2 saturated carbocycles. The lowest BCUT2D eigenvalue weighted by atomic mass is 9.48. The Kier molecular flexibility index (Phi) is 4.27. The van der Waals surface area contributed by atoms with Crippen molar-refractivity contribution in [1.29, 1.82) is 0 Å². The molecule has 0 aromatic rings. The molecule has 3 aliphatic carbocycles. The molecule has 3 aliphatic rings. The first kappa shape index (κ1) is 16.5. The summed E-state index contributed by atoms with van der Waals surface area (Å²) in [5, 5.41) is 0. The largest absolute Gasteiger partial charge is 0.299 e. The number of carbonyl (C=O) groups excluding carboxylic acids is 1. The summed E-state index contributed by atoms with van der Waals surface area (Å²) in [5.74, 6) is 7.72. The van der Waals surface area contributed by atoms with Crippen LogP contribution in [0.4, 0.5) is 0 Å². The van der Waals surface area contributed by atoms with Gasteiger partial charge in [-0.25, -0.2) is 0 Å². The molecule has 0 amide bonds. The number of Topliss-reactive ketones (excluding diaryl/α,β-unsaturated/α-hetero) is 1. The number of hydrogen-bond acceptors (Lipinski definition) is 2. The standard InChI is InChI=1S/C21H29NO/c1-16-17-9-14-21(12-7-15-22(3)4)11-6-5-8-19(21)20(17,2)13-10-18(16)23/h8,17H,1,5-6,9-11,13-15H2,2-4H3/t17?,20-,21?/m0/s1. The summed E-state index contributed by atoms with van der Waals surface area (Å²) in [6.45, 7) is 7.34. The molecule has 2 unspecified atom stereocenters. The van der Waals surface area contributed by atoms with Crippen LogP contribution in [0.5, 0.6) is 0 Å². The van der Waals surface area contributed by atoms with Crippen molar-refractivity contribution in [3.8, 4) is 11.8 Å². The van der Waals surface area contributed by atoms with E-state index in [-0.39, 0.29) is 16.6 Å². The lowest BCUT2D eigenvalue weighted by Gasteiger charge is -2.55. The van der Waals surface area contributed by atoms with Crippen LogP contribution in [0.25, 0.3) is 0 Å². The van der Waals surface area contributed by atoms with Gasteiger partial charge in [-0.1, -0.05) is 31.4 Å². The van der Waals surface area contributed by atoms with Gasteiger partial charge in [0.2, 0.25) is 0 Å². The van der Waals surface area contributed by atoms with Gasteiger partial charge >= 0.3 is 0 Å². The maximum absolute atomic E-state index is 12.1. The molecule has 0 aromatic heterocycles. The third-order valence-corrected chi connectivity index (χ3v) is 6.29. The highest BCUT2D eigenvalue weighted by Crippen LogP contribution is 2.62. The average Bonchev–Trinajstić information content (AvgIpc) is 2.51. The molecule has 3 atom stereocenters. The van der Waals surface area contributed by atoms with E-state index in [1.54, 1.807) is 0 Å². The Bertz CT molecular complexity index is 617. The van der Waals surface area contributed by atoms with Crippen LogP contribution >= 0.6 is 0 Å². The number of fused-ring (bicyclic) bond motifs is 3. The number of ketones is 1. The zero-order valence-electron chi connectivity index (χ0n) is 14.9. The second kappa shape index (κ2) is 5.95. The normalized spacial score (nSPS) is 36.7. The van der Waals surface area contributed by atoms with Crippen molar-refractivity contribution in [1.82, 2.24) is 4.90 Å². The highest BCUT2D eigenvalue weighted by molar-refractivity contribution is 5.96. The van der Waals surface area contributed by atoms with Gasteiger partial charge in [-0.3, -0.25) is 9.69 Å². The van der Waals surface area contributed by atoms with E-state index in [4.69, 9.17) is 0 Å². The highest BCUT2D eigenvalue weighted by Gasteiger charge is 2.54. The van der Waals surface area contributed by atoms with Crippen molar-refractivity contribution in [2.24, 2.45) is 16.7 Å². The van der Waals surface area contributed by atoms with Gasteiger partial charge < -0.3 is 0 Å². The van der Waals surface area contributed by atoms with Crippen LogP contribution in [0.3, 0.4) is 0 Å². The highest BCUT2D eigenvalue weighted by atomic mass is 16.1. The first-order chi connectivity index (χ1) is 10.9. The van der Waals surface area contributed by atoms with Crippen LogP contribution < -0.4 is 0 Å². The molecule has 23 heavy (non-hydrogen) atoms. The van der Waals surface area contributed by atoms with E-state index >= 15 is 0 Å². The van der Waals surface area contributed by atoms with Crippen LogP contribution in [0.2, 0.25) is 0 Å². The fraction of sp³-hybridized carbons (Fsp3) is 0.667. The van der Waals surface area contributed by atoms with Crippen molar-refractivity contribution in [2.75, 3.05) is 20.6 Å². The smallest absolute Gasteiger partial charge is 0.158 e. The summed E-state index contributed by atoms with van der Waals surface area (Å²) in [4.78, 5) is 14.3. The van der Waals surface area contributed by atoms with E-state index < -0.39 is 0 Å². The van der Waals surface area contributed by atoms with Crippen LogP contribution in [-0.4, -0.2) is 31.3 Å². The van der Waals surface area contributed by atoms with E-state index in [0.717, 1.165) is 37.8 Å². The van der Waals surface area contributed by atoms with Gasteiger partial charge in [0.15, 0.2) is 5.78 Å². The first-order valence-corrected chi connectivity index (χ1v) is 8.97. The maximum Gasteiger partial charge on any atom is 0.158 e. The van der Waals surface area contributed by atoms with Crippen LogP contribution in [0.15, 0.2) is 23.8 Å². The zero-order valence-corrected chi connectivity index (χ0v) is 14.9. The van der Waals surface area contributed by atoms with Crippen molar-refractivity contribution in [3.05, 3.63) is 23.8 Å². The molecule has 0 heterocycles. The predicted octanol–water partition coefficient (Wildman–Crippen LogP) is 3.98. The Hall–Kier alpha value is -1.33. The fourth-order valence-corrected chi connectivity index (χ4v) is 5.07. The van der Waals surface area contributed by atoms with E-state index in [1.165, 1.54) is 18.4 Å².